The van der Waals surface area contributed by atoms with Crippen LogP contribution < -0.4 is 19.5 Å². The predicted molar refractivity (Wildman–Crippen MR) is 131 cm³/mol. The van der Waals surface area contributed by atoms with Crippen LogP contribution in [0.3, 0.4) is 0 Å². The number of aliphatic hydroxyl groups is 1. The van der Waals surface area contributed by atoms with Crippen LogP contribution in [0.25, 0.3) is 0 Å². The van der Waals surface area contributed by atoms with Crippen LogP contribution in [0, 0.1) is 0 Å². The van der Waals surface area contributed by atoms with Crippen molar-refractivity contribution in [2.24, 2.45) is 0 Å². The Morgan fingerprint density at radius 2 is 1.79 bits per heavy atom. The summed E-state index contributed by atoms with van der Waals surface area (Å²) in [4.78, 5) is 15.2. The van der Waals surface area contributed by atoms with Gasteiger partial charge in [-0.3, -0.25) is 4.79 Å². The molecule has 1 saturated heterocycles. The Bertz CT molecular complexity index is 927. The highest BCUT2D eigenvalue weighted by Gasteiger charge is 2.27. The molecule has 1 amide bonds. The molecule has 7 nitrogen and oxygen atoms in total. The van der Waals surface area contributed by atoms with E-state index in [0.29, 0.717) is 37.7 Å². The standard InChI is InChI=1S/C27H36N2O5/c1-32-22-11-8-20(9-12-22)6-5-7-26(30)28-23(19-29-14-3-2-4-15-29)27(31)21-10-13-24-25(18-21)34-17-16-33-24/h8-13,18,23,27,31H,2-7,14-17,19H2,1H3,(H,28,30)/t23-,27-/m1/s1. The Kier molecular flexibility index (Phi) is 8.66. The van der Waals surface area contributed by atoms with Gasteiger partial charge in [0.25, 0.3) is 0 Å². The summed E-state index contributed by atoms with van der Waals surface area (Å²) in [6.07, 6.45) is 4.70. The zero-order valence-electron chi connectivity index (χ0n) is 20.0. The number of benzene rings is 2. The van der Waals surface area contributed by atoms with Gasteiger partial charge in [0.05, 0.1) is 13.2 Å². The number of carbonyl (C=O) groups excluding carboxylic acids is 1. The molecule has 0 saturated carbocycles. The molecule has 0 aromatic heterocycles. The lowest BCUT2D eigenvalue weighted by molar-refractivity contribution is -0.123. The summed E-state index contributed by atoms with van der Waals surface area (Å²) in [5.74, 6) is 2.13. The van der Waals surface area contributed by atoms with Gasteiger partial charge in [0.15, 0.2) is 11.5 Å². The number of methoxy groups -OCH3 is 1. The van der Waals surface area contributed by atoms with E-state index in [9.17, 15) is 9.90 Å². The zero-order valence-corrected chi connectivity index (χ0v) is 20.0. The predicted octanol–water partition coefficient (Wildman–Crippen LogP) is 3.49. The van der Waals surface area contributed by atoms with E-state index in [0.717, 1.165) is 50.1 Å². The molecule has 0 radical (unpaired) electrons. The van der Waals surface area contributed by atoms with Crippen LogP contribution in [0.1, 0.15) is 49.3 Å². The number of amides is 1. The van der Waals surface area contributed by atoms with Gasteiger partial charge in [0.1, 0.15) is 25.1 Å². The average Bonchev–Trinajstić information content (AvgIpc) is 2.88. The van der Waals surface area contributed by atoms with E-state index in [4.69, 9.17) is 14.2 Å². The van der Waals surface area contributed by atoms with Crippen molar-refractivity contribution in [1.82, 2.24) is 10.2 Å². The van der Waals surface area contributed by atoms with Gasteiger partial charge in [0.2, 0.25) is 5.91 Å². The molecule has 34 heavy (non-hydrogen) atoms. The third-order valence-electron chi connectivity index (χ3n) is 6.57. The summed E-state index contributed by atoms with van der Waals surface area (Å²) in [7, 11) is 1.65. The van der Waals surface area contributed by atoms with Crippen LogP contribution in [0.5, 0.6) is 17.2 Å². The van der Waals surface area contributed by atoms with E-state index in [2.05, 4.69) is 10.2 Å². The Morgan fingerprint density at radius 1 is 1.06 bits per heavy atom. The quantitative estimate of drug-likeness (QED) is 0.556. The van der Waals surface area contributed by atoms with Crippen LogP contribution >= 0.6 is 0 Å². The lowest BCUT2D eigenvalue weighted by Crippen LogP contribution is -2.48. The number of likely N-dealkylation sites (tertiary alicyclic amines) is 1. The summed E-state index contributed by atoms with van der Waals surface area (Å²) in [5, 5.41) is 14.4. The average molecular weight is 469 g/mol. The fraction of sp³-hybridized carbons (Fsp3) is 0.519. The van der Waals surface area contributed by atoms with Crippen molar-refractivity contribution in [3.63, 3.8) is 0 Å². The highest BCUT2D eigenvalue weighted by molar-refractivity contribution is 5.76. The molecule has 2 aliphatic rings. The number of carbonyl (C=O) groups is 1. The largest absolute Gasteiger partial charge is 0.497 e. The highest BCUT2D eigenvalue weighted by Crippen LogP contribution is 2.33. The van der Waals surface area contributed by atoms with Gasteiger partial charge in [-0.05, 0) is 74.2 Å². The molecule has 184 valence electrons. The first-order valence-electron chi connectivity index (χ1n) is 12.3. The maximum atomic E-state index is 12.8. The van der Waals surface area contributed by atoms with Crippen molar-refractivity contribution in [2.75, 3.05) is 40.0 Å². The molecule has 2 atom stereocenters. The first kappa shape index (κ1) is 24.4. The zero-order chi connectivity index (χ0) is 23.8. The minimum Gasteiger partial charge on any atom is -0.497 e. The molecule has 0 spiro atoms. The third kappa shape index (κ3) is 6.64. The molecule has 4 rings (SSSR count). The number of aliphatic hydroxyl groups excluding tert-OH is 1. The molecule has 7 heteroatoms. The Labute approximate surface area is 202 Å². The fourth-order valence-electron chi connectivity index (χ4n) is 4.65. The van der Waals surface area contributed by atoms with Crippen molar-refractivity contribution < 1.29 is 24.1 Å². The van der Waals surface area contributed by atoms with Gasteiger partial charge in [0, 0.05) is 13.0 Å². The topological polar surface area (TPSA) is 80.3 Å². The maximum Gasteiger partial charge on any atom is 0.220 e. The van der Waals surface area contributed by atoms with Gasteiger partial charge in [-0.25, -0.2) is 0 Å². The van der Waals surface area contributed by atoms with E-state index in [1.54, 1.807) is 7.11 Å². The summed E-state index contributed by atoms with van der Waals surface area (Å²) >= 11 is 0. The van der Waals surface area contributed by atoms with Crippen LogP contribution in [0.2, 0.25) is 0 Å². The molecule has 0 unspecified atom stereocenters. The van der Waals surface area contributed by atoms with Gasteiger partial charge in [-0.1, -0.05) is 24.6 Å². The molecule has 0 bridgehead atoms. The smallest absolute Gasteiger partial charge is 0.220 e. The molecular formula is C27H36N2O5. The molecule has 2 aromatic carbocycles. The van der Waals surface area contributed by atoms with Gasteiger partial charge in [-0.2, -0.15) is 0 Å². The van der Waals surface area contributed by atoms with E-state index in [-0.39, 0.29) is 5.91 Å². The first-order chi connectivity index (χ1) is 16.6. The van der Waals surface area contributed by atoms with Gasteiger partial charge in [-0.15, -0.1) is 0 Å². The van der Waals surface area contributed by atoms with E-state index >= 15 is 0 Å². The number of hydrogen-bond acceptors (Lipinski definition) is 6. The number of rotatable bonds is 10. The molecule has 1 fully saturated rings. The first-order valence-corrected chi connectivity index (χ1v) is 12.3. The highest BCUT2D eigenvalue weighted by atomic mass is 16.6. The third-order valence-corrected chi connectivity index (χ3v) is 6.57. The second-order valence-electron chi connectivity index (χ2n) is 9.08. The monoisotopic (exact) mass is 468 g/mol. The Hall–Kier alpha value is -2.77. The van der Waals surface area contributed by atoms with Crippen LogP contribution in [0.4, 0.5) is 0 Å². The summed E-state index contributed by atoms with van der Waals surface area (Å²) in [6.45, 7) is 3.64. The number of ether oxygens (including phenoxy) is 3. The number of aryl methyl sites for hydroxylation is 1. The lowest BCUT2D eigenvalue weighted by Gasteiger charge is -2.33. The second kappa shape index (κ2) is 12.1. The van der Waals surface area contributed by atoms with Crippen LogP contribution in [-0.4, -0.2) is 61.9 Å². The van der Waals surface area contributed by atoms with Crippen LogP contribution in [-0.2, 0) is 11.2 Å². The normalized spacial score (nSPS) is 17.6. The second-order valence-corrected chi connectivity index (χ2v) is 9.08. The van der Waals surface area contributed by atoms with E-state index < -0.39 is 12.1 Å². The van der Waals surface area contributed by atoms with E-state index in [1.165, 1.54) is 12.0 Å². The molecule has 2 N–H and O–H groups in total. The van der Waals surface area contributed by atoms with Crippen molar-refractivity contribution >= 4 is 5.91 Å². The van der Waals surface area contributed by atoms with E-state index in [1.807, 2.05) is 42.5 Å². The SMILES string of the molecule is COc1ccc(CCCC(=O)N[C@H](CN2CCCCC2)[C@H](O)c2ccc3c(c2)OCCO3)cc1. The molecule has 2 aliphatic heterocycles. The molecule has 0 aliphatic carbocycles. The van der Waals surface area contributed by atoms with Crippen molar-refractivity contribution in [1.29, 1.82) is 0 Å². The summed E-state index contributed by atoms with van der Waals surface area (Å²) in [6, 6.07) is 13.1. The summed E-state index contributed by atoms with van der Waals surface area (Å²) in [5.41, 5.74) is 1.90. The Balaban J connectivity index is 1.37. The van der Waals surface area contributed by atoms with Crippen molar-refractivity contribution in [3.8, 4) is 17.2 Å². The minimum absolute atomic E-state index is 0.0351. The summed E-state index contributed by atoms with van der Waals surface area (Å²) < 4.78 is 16.5. The van der Waals surface area contributed by atoms with Crippen molar-refractivity contribution in [3.05, 3.63) is 53.6 Å². The molecule has 2 aromatic rings. The lowest BCUT2D eigenvalue weighted by atomic mass is 9.99. The minimum atomic E-state index is -0.830. The van der Waals surface area contributed by atoms with Crippen LogP contribution in [0.15, 0.2) is 42.5 Å². The Morgan fingerprint density at radius 3 is 2.53 bits per heavy atom. The number of nitrogens with zero attached hydrogens (tertiary/aromatic N) is 1. The fourth-order valence-corrected chi connectivity index (χ4v) is 4.65. The molecular weight excluding hydrogens is 432 g/mol. The van der Waals surface area contributed by atoms with Gasteiger partial charge >= 0.3 is 0 Å². The molecule has 2 heterocycles. The number of nitrogens with one attached hydrogen (secondary N) is 1. The number of piperidine rings is 1. The number of hydrogen-bond donors (Lipinski definition) is 2. The number of fused-ring (bicyclic) bond motifs is 1. The maximum absolute atomic E-state index is 12.8. The van der Waals surface area contributed by atoms with Crippen molar-refractivity contribution in [2.45, 2.75) is 50.7 Å². The van der Waals surface area contributed by atoms with Gasteiger partial charge < -0.3 is 29.5 Å².